The summed E-state index contributed by atoms with van der Waals surface area (Å²) in [5.74, 6) is -0.684. The first kappa shape index (κ1) is 22.8. The Labute approximate surface area is 188 Å². The molecule has 1 aromatic heterocycles. The van der Waals surface area contributed by atoms with Crippen molar-refractivity contribution in [2.45, 2.75) is 13.2 Å². The molecule has 0 aliphatic heterocycles. The molecule has 0 bridgehead atoms. The topological polar surface area (TPSA) is 107 Å². The van der Waals surface area contributed by atoms with Gasteiger partial charge in [0.1, 0.15) is 13.2 Å². The first-order valence-electron chi connectivity index (χ1n) is 8.87. The predicted octanol–water partition coefficient (Wildman–Crippen LogP) is 3.33. The normalized spacial score (nSPS) is 11.2. The average molecular weight is 482 g/mol. The van der Waals surface area contributed by atoms with Crippen LogP contribution in [0.1, 0.15) is 5.56 Å². The molecule has 11 heteroatoms. The number of sulfonamides is 1. The van der Waals surface area contributed by atoms with Crippen molar-refractivity contribution in [3.63, 3.8) is 0 Å². The average Bonchev–Trinajstić information content (AvgIpc) is 2.70. The van der Waals surface area contributed by atoms with Crippen LogP contribution in [-0.4, -0.2) is 30.2 Å². The molecule has 0 amide bonds. The number of nitrogens with zero attached hydrogens (tertiary/aromatic N) is 2. The van der Waals surface area contributed by atoms with Gasteiger partial charge in [0.15, 0.2) is 10.3 Å². The highest BCUT2D eigenvalue weighted by Crippen LogP contribution is 2.28. The maximum absolute atomic E-state index is 12.6. The number of carbonyl (C=O) groups excluding carboxylic acids is 1. The number of nitrogens with one attached hydrogen (secondary N) is 1. The monoisotopic (exact) mass is 481 g/mol. The van der Waals surface area contributed by atoms with Gasteiger partial charge in [0, 0.05) is 11.3 Å². The van der Waals surface area contributed by atoms with Crippen LogP contribution in [0, 0.1) is 0 Å². The summed E-state index contributed by atoms with van der Waals surface area (Å²) in [4.78, 5) is 28.9. The second kappa shape index (κ2) is 9.51. The Kier molecular flexibility index (Phi) is 6.99. The van der Waals surface area contributed by atoms with Crippen LogP contribution in [0.25, 0.3) is 11.3 Å². The smallest absolute Gasteiger partial charge is 0.326 e. The molecular weight excluding hydrogens is 465 g/mol. The SMILES string of the molecule is CS(=O)(=O)Nc1cccc(-c2c(Cl)nc(Cl)c(=O)n2CC(=O)OCc2ccccc2)c1. The highest BCUT2D eigenvalue weighted by atomic mass is 35.5. The Morgan fingerprint density at radius 3 is 2.48 bits per heavy atom. The van der Waals surface area contributed by atoms with Crippen LogP contribution in [-0.2, 0) is 32.7 Å². The van der Waals surface area contributed by atoms with Gasteiger partial charge in [0.25, 0.3) is 5.56 Å². The van der Waals surface area contributed by atoms with Crippen molar-refractivity contribution in [3.8, 4) is 11.3 Å². The van der Waals surface area contributed by atoms with Gasteiger partial charge in [0.05, 0.1) is 11.9 Å². The van der Waals surface area contributed by atoms with Crippen LogP contribution in [0.15, 0.2) is 59.4 Å². The van der Waals surface area contributed by atoms with Crippen LogP contribution >= 0.6 is 23.2 Å². The Bertz CT molecular complexity index is 1280. The predicted molar refractivity (Wildman–Crippen MR) is 119 cm³/mol. The summed E-state index contributed by atoms with van der Waals surface area (Å²) in [5.41, 5.74) is 0.755. The fourth-order valence-corrected chi connectivity index (χ4v) is 3.87. The summed E-state index contributed by atoms with van der Waals surface area (Å²) in [6.07, 6.45) is 1.01. The van der Waals surface area contributed by atoms with E-state index in [0.717, 1.165) is 16.4 Å². The van der Waals surface area contributed by atoms with Crippen molar-refractivity contribution in [2.24, 2.45) is 0 Å². The zero-order chi connectivity index (χ0) is 22.6. The molecule has 1 N–H and O–H groups in total. The number of ether oxygens (including phenoxy) is 1. The molecule has 0 unspecified atom stereocenters. The Morgan fingerprint density at radius 1 is 1.10 bits per heavy atom. The number of hydrogen-bond acceptors (Lipinski definition) is 6. The maximum atomic E-state index is 12.6. The van der Waals surface area contributed by atoms with Gasteiger partial charge in [-0.15, -0.1) is 0 Å². The summed E-state index contributed by atoms with van der Waals surface area (Å²) in [7, 11) is -3.53. The first-order chi connectivity index (χ1) is 14.6. The van der Waals surface area contributed by atoms with E-state index in [1.165, 1.54) is 12.1 Å². The Balaban J connectivity index is 1.95. The summed E-state index contributed by atoms with van der Waals surface area (Å²) in [5, 5.41) is -0.535. The number of hydrogen-bond donors (Lipinski definition) is 1. The van der Waals surface area contributed by atoms with Gasteiger partial charge in [-0.1, -0.05) is 65.7 Å². The third kappa shape index (κ3) is 6.06. The molecule has 3 rings (SSSR count). The molecule has 2 aromatic carbocycles. The lowest BCUT2D eigenvalue weighted by atomic mass is 10.1. The Hall–Kier alpha value is -2.88. The number of rotatable bonds is 7. The molecule has 3 aromatic rings. The number of esters is 1. The molecule has 0 aliphatic carbocycles. The molecule has 8 nitrogen and oxygen atoms in total. The van der Waals surface area contributed by atoms with Gasteiger partial charge < -0.3 is 4.74 Å². The van der Waals surface area contributed by atoms with Crippen LogP contribution in [0.2, 0.25) is 10.3 Å². The fourth-order valence-electron chi connectivity index (χ4n) is 2.79. The molecule has 0 radical (unpaired) electrons. The molecule has 0 atom stereocenters. The van der Waals surface area contributed by atoms with Crippen LogP contribution < -0.4 is 10.3 Å². The summed E-state index contributed by atoms with van der Waals surface area (Å²) >= 11 is 12.1. The van der Waals surface area contributed by atoms with Gasteiger partial charge in [-0.05, 0) is 17.7 Å². The third-order valence-electron chi connectivity index (χ3n) is 4.05. The molecule has 162 valence electrons. The number of anilines is 1. The molecule has 31 heavy (non-hydrogen) atoms. The van der Waals surface area contributed by atoms with Gasteiger partial charge >= 0.3 is 5.97 Å². The fraction of sp³-hybridized carbons (Fsp3) is 0.150. The minimum absolute atomic E-state index is 0.0318. The van der Waals surface area contributed by atoms with Crippen molar-refractivity contribution < 1.29 is 17.9 Å². The van der Waals surface area contributed by atoms with Crippen molar-refractivity contribution in [2.75, 3.05) is 11.0 Å². The molecular formula is C20H17Cl2N3O5S. The summed E-state index contributed by atoms with van der Waals surface area (Å²) in [6.45, 7) is -0.434. The van der Waals surface area contributed by atoms with E-state index in [2.05, 4.69) is 9.71 Å². The van der Waals surface area contributed by atoms with Crippen molar-refractivity contribution in [1.29, 1.82) is 0 Å². The number of benzene rings is 2. The van der Waals surface area contributed by atoms with Gasteiger partial charge in [-0.3, -0.25) is 18.9 Å². The lowest BCUT2D eigenvalue weighted by molar-refractivity contribution is -0.145. The van der Waals surface area contributed by atoms with E-state index < -0.39 is 33.2 Å². The van der Waals surface area contributed by atoms with Crippen molar-refractivity contribution >= 4 is 44.9 Å². The van der Waals surface area contributed by atoms with Crippen LogP contribution in [0.5, 0.6) is 0 Å². The van der Waals surface area contributed by atoms with E-state index in [1.54, 1.807) is 24.3 Å². The van der Waals surface area contributed by atoms with Gasteiger partial charge in [-0.2, -0.15) is 0 Å². The molecule has 0 saturated carbocycles. The van der Waals surface area contributed by atoms with E-state index in [4.69, 9.17) is 27.9 Å². The van der Waals surface area contributed by atoms with Crippen LogP contribution in [0.4, 0.5) is 5.69 Å². The van der Waals surface area contributed by atoms with E-state index in [9.17, 15) is 18.0 Å². The molecule has 1 heterocycles. The summed E-state index contributed by atoms with van der Waals surface area (Å²) < 4.78 is 31.7. The number of aromatic nitrogens is 2. The van der Waals surface area contributed by atoms with Crippen molar-refractivity contribution in [3.05, 3.63) is 80.8 Å². The molecule has 0 aliphatic rings. The Morgan fingerprint density at radius 2 is 1.81 bits per heavy atom. The maximum Gasteiger partial charge on any atom is 0.326 e. The lowest BCUT2D eigenvalue weighted by Crippen LogP contribution is -2.28. The molecule has 0 spiro atoms. The van der Waals surface area contributed by atoms with E-state index in [1.807, 2.05) is 18.2 Å². The standard InChI is InChI=1S/C20H17Cl2N3O5S/c1-31(28,29)24-15-9-5-8-14(10-15)17-18(21)23-19(22)20(27)25(17)11-16(26)30-12-13-6-3-2-4-7-13/h2-10,24H,11-12H2,1H3. The lowest BCUT2D eigenvalue weighted by Gasteiger charge is -2.15. The number of halogens is 2. The van der Waals surface area contributed by atoms with Crippen LogP contribution in [0.3, 0.4) is 0 Å². The van der Waals surface area contributed by atoms with E-state index in [-0.39, 0.29) is 23.1 Å². The largest absolute Gasteiger partial charge is 0.459 e. The first-order valence-corrected chi connectivity index (χ1v) is 11.5. The molecule has 0 fully saturated rings. The zero-order valence-corrected chi connectivity index (χ0v) is 18.5. The highest BCUT2D eigenvalue weighted by molar-refractivity contribution is 7.92. The summed E-state index contributed by atoms with van der Waals surface area (Å²) in [6, 6.07) is 15.2. The van der Waals surface area contributed by atoms with Gasteiger partial charge in [-0.25, -0.2) is 13.4 Å². The van der Waals surface area contributed by atoms with E-state index in [0.29, 0.717) is 5.56 Å². The second-order valence-corrected chi connectivity index (χ2v) is 9.00. The highest BCUT2D eigenvalue weighted by Gasteiger charge is 2.19. The third-order valence-corrected chi connectivity index (χ3v) is 5.17. The minimum atomic E-state index is -3.53. The quantitative estimate of drug-likeness (QED) is 0.518. The van der Waals surface area contributed by atoms with E-state index >= 15 is 0 Å². The molecule has 0 saturated heterocycles. The van der Waals surface area contributed by atoms with Crippen molar-refractivity contribution in [1.82, 2.24) is 9.55 Å². The second-order valence-electron chi connectivity index (χ2n) is 6.53. The minimum Gasteiger partial charge on any atom is -0.459 e. The number of carbonyl (C=O) groups is 1. The van der Waals surface area contributed by atoms with Gasteiger partial charge in [0.2, 0.25) is 10.0 Å². The zero-order valence-electron chi connectivity index (χ0n) is 16.2.